The highest BCUT2D eigenvalue weighted by molar-refractivity contribution is 7.92. The number of carbonyl (C=O) groups excluding carboxylic acids is 1. The fraction of sp³-hybridized carbons (Fsp3) is 0.281. The molecule has 2 heterocycles. The van der Waals surface area contributed by atoms with E-state index in [4.69, 9.17) is 4.74 Å². The van der Waals surface area contributed by atoms with Gasteiger partial charge in [-0.05, 0) is 66.6 Å². The zero-order valence-corrected chi connectivity index (χ0v) is 24.8. The van der Waals surface area contributed by atoms with Crippen molar-refractivity contribution in [2.45, 2.75) is 64.0 Å². The summed E-state index contributed by atoms with van der Waals surface area (Å²) in [5.74, 6) is -0.367. The summed E-state index contributed by atoms with van der Waals surface area (Å²) in [6.45, 7) is 12.2. The van der Waals surface area contributed by atoms with Gasteiger partial charge in [0.2, 0.25) is 11.8 Å². The van der Waals surface area contributed by atoms with Crippen molar-refractivity contribution in [1.29, 1.82) is 0 Å². The summed E-state index contributed by atoms with van der Waals surface area (Å²) in [5, 5.41) is 3.00. The van der Waals surface area contributed by atoms with Crippen LogP contribution in [0, 0.1) is 13.8 Å². The van der Waals surface area contributed by atoms with Gasteiger partial charge >= 0.3 is 0 Å². The van der Waals surface area contributed by atoms with Gasteiger partial charge in [0.05, 0.1) is 16.6 Å². The van der Waals surface area contributed by atoms with E-state index >= 15 is 0 Å². The van der Waals surface area contributed by atoms with Crippen LogP contribution in [0.1, 0.15) is 69.3 Å². The summed E-state index contributed by atoms with van der Waals surface area (Å²) in [6.07, 6.45) is -0.637. The van der Waals surface area contributed by atoms with Gasteiger partial charge in [-0.2, -0.15) is 4.98 Å². The molecule has 2 N–H and O–H groups in total. The molecular formula is C32H38N4O4S. The summed E-state index contributed by atoms with van der Waals surface area (Å²) >= 11 is 0. The lowest BCUT2D eigenvalue weighted by atomic mass is 9.86. The molecule has 0 fully saturated rings. The number of fused-ring (bicyclic) bond motifs is 4. The standard InChI is InChI=1S/C32H34N4O4S.2H2/c1-19-9-7-10-20(2)28(19)26-18-27-35-31(34-26)36-41(38,39)25-12-8-11-23(17-25)30(37)33-21(3)29(40-27)22-13-15-24(16-14-22)32(4,5)6;;/h7-18,21,29H,1-6H3,(H,33,37)(H,34,35,36);2*1H/t21-,29+;;/m1../s1. The van der Waals surface area contributed by atoms with E-state index in [-0.39, 0.29) is 30.6 Å². The molecule has 0 unspecified atom stereocenters. The molecule has 1 amide bonds. The summed E-state index contributed by atoms with van der Waals surface area (Å²) in [6, 6.07) is 21.1. The lowest BCUT2D eigenvalue weighted by Crippen LogP contribution is -2.39. The fourth-order valence-corrected chi connectivity index (χ4v) is 5.98. The molecule has 3 aromatic carbocycles. The van der Waals surface area contributed by atoms with Gasteiger partial charge in [-0.25, -0.2) is 18.1 Å². The molecule has 0 saturated carbocycles. The Hall–Kier alpha value is -4.24. The van der Waals surface area contributed by atoms with Gasteiger partial charge in [-0.3, -0.25) is 4.79 Å². The van der Waals surface area contributed by atoms with Crippen LogP contribution in [-0.4, -0.2) is 30.3 Å². The van der Waals surface area contributed by atoms with E-state index in [2.05, 4.69) is 52.9 Å². The molecule has 0 aliphatic carbocycles. The Bertz CT molecular complexity index is 1720. The maximum atomic E-state index is 13.4. The molecule has 2 atom stereocenters. The topological polar surface area (TPSA) is 110 Å². The number of anilines is 1. The van der Waals surface area contributed by atoms with E-state index in [0.29, 0.717) is 5.69 Å². The van der Waals surface area contributed by atoms with E-state index < -0.39 is 28.1 Å². The minimum atomic E-state index is -4.11. The van der Waals surface area contributed by atoms with Crippen LogP contribution in [0.3, 0.4) is 0 Å². The smallest absolute Gasteiger partial charge is 0.264 e. The van der Waals surface area contributed by atoms with Crippen molar-refractivity contribution in [2.75, 3.05) is 4.72 Å². The molecule has 9 heteroatoms. The Morgan fingerprint density at radius 1 is 0.902 bits per heavy atom. The number of ether oxygens (including phenoxy) is 1. The van der Waals surface area contributed by atoms with Gasteiger partial charge in [-0.1, -0.05) is 69.3 Å². The third kappa shape index (κ3) is 5.95. The second-order valence-corrected chi connectivity index (χ2v) is 13.2. The summed E-state index contributed by atoms with van der Waals surface area (Å²) in [4.78, 5) is 22.2. The molecule has 1 aliphatic rings. The predicted octanol–water partition coefficient (Wildman–Crippen LogP) is 6.60. The van der Waals surface area contributed by atoms with E-state index in [0.717, 1.165) is 27.8 Å². The van der Waals surface area contributed by atoms with Crippen LogP contribution in [0.2, 0.25) is 0 Å². The van der Waals surface area contributed by atoms with Gasteiger partial charge < -0.3 is 10.1 Å². The SMILES string of the molecule is Cc1cccc(C)c1-c1cc2nc(n1)NS(=O)(=O)c1cccc(c1)C(=O)N[C@H](C)[C@@H](c1ccc(C(C)(C)C)cc1)O2.[HH].[HH]. The van der Waals surface area contributed by atoms with Crippen molar-refractivity contribution in [3.63, 3.8) is 0 Å². The van der Waals surface area contributed by atoms with Crippen LogP contribution in [-0.2, 0) is 15.4 Å². The van der Waals surface area contributed by atoms with Crippen molar-refractivity contribution in [3.8, 4) is 17.1 Å². The first-order chi connectivity index (χ1) is 19.3. The molecule has 0 saturated heterocycles. The molecular weight excluding hydrogens is 536 g/mol. The van der Waals surface area contributed by atoms with Crippen molar-refractivity contribution >= 4 is 21.9 Å². The average Bonchev–Trinajstić information content (AvgIpc) is 2.90. The second kappa shape index (κ2) is 10.6. The first-order valence-corrected chi connectivity index (χ1v) is 15.0. The van der Waals surface area contributed by atoms with Crippen molar-refractivity contribution in [3.05, 3.63) is 101 Å². The van der Waals surface area contributed by atoms with Gasteiger partial charge in [0, 0.05) is 20.0 Å². The zero-order valence-electron chi connectivity index (χ0n) is 24.0. The fourth-order valence-electron chi connectivity index (χ4n) is 4.99. The van der Waals surface area contributed by atoms with Crippen molar-refractivity contribution in [1.82, 2.24) is 15.3 Å². The number of sulfonamides is 1. The Kier molecular flexibility index (Phi) is 7.33. The van der Waals surface area contributed by atoms with E-state index in [1.165, 1.54) is 18.2 Å². The van der Waals surface area contributed by atoms with Crippen LogP contribution in [0.15, 0.2) is 77.7 Å². The molecule has 0 spiro atoms. The van der Waals surface area contributed by atoms with Gasteiger partial charge in [0.25, 0.3) is 15.9 Å². The van der Waals surface area contributed by atoms with Gasteiger partial charge in [0.1, 0.15) is 6.10 Å². The van der Waals surface area contributed by atoms with Crippen LogP contribution < -0.4 is 14.8 Å². The quantitative estimate of drug-likeness (QED) is 0.279. The molecule has 0 radical (unpaired) electrons. The number of nitrogens with one attached hydrogen (secondary N) is 2. The number of carbonyl (C=O) groups is 1. The number of rotatable bonds is 2. The molecule has 8 nitrogen and oxygen atoms in total. The number of aromatic nitrogens is 2. The molecule has 41 heavy (non-hydrogen) atoms. The molecule has 1 aromatic heterocycles. The molecule has 4 bridgehead atoms. The van der Waals surface area contributed by atoms with Crippen LogP contribution in [0.5, 0.6) is 5.88 Å². The second-order valence-electron chi connectivity index (χ2n) is 11.5. The molecule has 1 aliphatic heterocycles. The summed E-state index contributed by atoms with van der Waals surface area (Å²) < 4.78 is 35.7. The third-order valence-electron chi connectivity index (χ3n) is 7.24. The average molecular weight is 575 g/mol. The maximum absolute atomic E-state index is 13.4. The highest BCUT2D eigenvalue weighted by atomic mass is 32.2. The van der Waals surface area contributed by atoms with E-state index in [1.807, 2.05) is 51.1 Å². The summed E-state index contributed by atoms with van der Waals surface area (Å²) in [5.41, 5.74) is 5.51. The largest absolute Gasteiger partial charge is 0.467 e. The molecule has 5 rings (SSSR count). The number of amides is 1. The predicted molar refractivity (Wildman–Crippen MR) is 164 cm³/mol. The summed E-state index contributed by atoms with van der Waals surface area (Å²) in [7, 11) is -4.11. The normalized spacial score (nSPS) is 18.5. The number of nitrogens with zero attached hydrogens (tertiary/aromatic N) is 2. The first-order valence-electron chi connectivity index (χ1n) is 13.5. The lowest BCUT2D eigenvalue weighted by molar-refractivity contribution is 0.0877. The zero-order chi connectivity index (χ0) is 29.5. The Balaban J connectivity index is 0.00000253. The number of hydrogen-bond acceptors (Lipinski definition) is 6. The monoisotopic (exact) mass is 574 g/mol. The number of hydrogen-bond donors (Lipinski definition) is 2. The Labute approximate surface area is 244 Å². The highest BCUT2D eigenvalue weighted by Gasteiger charge is 2.28. The Morgan fingerprint density at radius 3 is 2.22 bits per heavy atom. The van der Waals surface area contributed by atoms with Crippen molar-refractivity contribution in [2.24, 2.45) is 0 Å². The number of aryl methyl sites for hydroxylation is 2. The lowest BCUT2D eigenvalue weighted by Gasteiger charge is -2.27. The maximum Gasteiger partial charge on any atom is 0.264 e. The highest BCUT2D eigenvalue weighted by Crippen LogP contribution is 2.33. The molecule has 4 aromatic rings. The van der Waals surface area contributed by atoms with Crippen LogP contribution in [0.4, 0.5) is 5.95 Å². The van der Waals surface area contributed by atoms with Crippen LogP contribution in [0.25, 0.3) is 11.3 Å². The van der Waals surface area contributed by atoms with Crippen molar-refractivity contribution < 1.29 is 20.8 Å². The third-order valence-corrected chi connectivity index (χ3v) is 8.56. The Morgan fingerprint density at radius 2 is 1.56 bits per heavy atom. The minimum absolute atomic E-state index is 0. The first kappa shape index (κ1) is 28.3. The van der Waals surface area contributed by atoms with E-state index in [9.17, 15) is 13.2 Å². The molecule has 216 valence electrons. The van der Waals surface area contributed by atoms with Gasteiger partial charge in [-0.15, -0.1) is 0 Å². The number of benzene rings is 3. The van der Waals surface area contributed by atoms with Crippen LogP contribution >= 0.6 is 0 Å². The minimum Gasteiger partial charge on any atom is -0.467 e. The van der Waals surface area contributed by atoms with Gasteiger partial charge in [0.15, 0.2) is 0 Å². The van der Waals surface area contributed by atoms with E-state index in [1.54, 1.807) is 12.1 Å².